The largest absolute Gasteiger partial charge is 0.390 e. The summed E-state index contributed by atoms with van der Waals surface area (Å²) in [5, 5.41) is 0. The standard InChI is InChI=1S/C6H12Cl3O3PS/c1-3-11-13(10,12-4-2)14-6(9)5(7)8/h5-6H,3-4H2,1-2H3. The van der Waals surface area contributed by atoms with E-state index < -0.39 is 16.3 Å². The third kappa shape index (κ3) is 6.06. The lowest BCUT2D eigenvalue weighted by atomic mass is 10.9. The maximum atomic E-state index is 11.8. The van der Waals surface area contributed by atoms with Gasteiger partial charge in [-0.1, -0.05) is 0 Å². The SMILES string of the molecule is CCOP(=O)(OCC)SC(Cl)C(Cl)Cl. The minimum absolute atomic E-state index is 0.281. The van der Waals surface area contributed by atoms with Gasteiger partial charge in [0.05, 0.1) is 13.2 Å². The molecule has 0 aromatic heterocycles. The Hall–Kier alpha value is 1.37. The smallest absolute Gasteiger partial charge is 0.301 e. The molecule has 0 N–H and O–H groups in total. The third-order valence-electron chi connectivity index (χ3n) is 1.00. The predicted molar refractivity (Wildman–Crippen MR) is 63.6 cm³/mol. The van der Waals surface area contributed by atoms with E-state index in [-0.39, 0.29) is 13.2 Å². The second kappa shape index (κ2) is 7.61. The maximum Gasteiger partial charge on any atom is 0.390 e. The van der Waals surface area contributed by atoms with Crippen LogP contribution in [0, 0.1) is 0 Å². The van der Waals surface area contributed by atoms with Crippen molar-refractivity contribution in [2.24, 2.45) is 0 Å². The zero-order valence-electron chi connectivity index (χ0n) is 7.78. The Kier molecular flexibility index (Phi) is 8.36. The average Bonchev–Trinajstić information content (AvgIpc) is 2.04. The molecule has 86 valence electrons. The zero-order chi connectivity index (χ0) is 11.2. The highest BCUT2D eigenvalue weighted by Crippen LogP contribution is 2.63. The van der Waals surface area contributed by atoms with E-state index in [1.807, 2.05) is 0 Å². The van der Waals surface area contributed by atoms with Crippen molar-refractivity contribution in [3.63, 3.8) is 0 Å². The Balaban J connectivity index is 4.28. The summed E-state index contributed by atoms with van der Waals surface area (Å²) in [6.45, 7) is 0.781. The third-order valence-corrected chi connectivity index (χ3v) is 6.92. The zero-order valence-corrected chi connectivity index (χ0v) is 11.8. The van der Waals surface area contributed by atoms with Gasteiger partial charge in [0.15, 0.2) is 0 Å². The lowest BCUT2D eigenvalue weighted by Crippen LogP contribution is -2.04. The van der Waals surface area contributed by atoms with Gasteiger partial charge in [0.2, 0.25) is 0 Å². The highest BCUT2D eigenvalue weighted by Gasteiger charge is 2.31. The molecule has 0 spiro atoms. The number of halogens is 3. The van der Waals surface area contributed by atoms with Gasteiger partial charge in [-0.05, 0) is 25.2 Å². The van der Waals surface area contributed by atoms with E-state index in [9.17, 15) is 4.57 Å². The summed E-state index contributed by atoms with van der Waals surface area (Å²) in [5.41, 5.74) is 0. The van der Waals surface area contributed by atoms with Gasteiger partial charge in [-0.2, -0.15) is 0 Å². The molecule has 0 aliphatic rings. The molecular weight excluding hydrogens is 289 g/mol. The number of alkyl halides is 3. The molecule has 0 heterocycles. The fraction of sp³-hybridized carbons (Fsp3) is 1.00. The Labute approximate surface area is 103 Å². The van der Waals surface area contributed by atoms with Gasteiger partial charge in [0.25, 0.3) is 0 Å². The lowest BCUT2D eigenvalue weighted by Gasteiger charge is -2.18. The molecule has 0 amide bonds. The van der Waals surface area contributed by atoms with E-state index in [2.05, 4.69) is 0 Å². The number of hydrogen-bond donors (Lipinski definition) is 0. The van der Waals surface area contributed by atoms with Crippen molar-refractivity contribution >= 4 is 53.0 Å². The Morgan fingerprint density at radius 2 is 1.64 bits per heavy atom. The summed E-state index contributed by atoms with van der Waals surface area (Å²) in [7, 11) is 0. The van der Waals surface area contributed by atoms with Crippen LogP contribution in [0.5, 0.6) is 0 Å². The minimum atomic E-state index is -3.21. The number of rotatable bonds is 7. The first-order valence-corrected chi connectivity index (χ1v) is 8.28. The summed E-state index contributed by atoms with van der Waals surface area (Å²) in [4.78, 5) is -0.823. The summed E-state index contributed by atoms with van der Waals surface area (Å²) in [5.74, 6) is 0. The van der Waals surface area contributed by atoms with E-state index in [0.29, 0.717) is 0 Å². The van der Waals surface area contributed by atoms with Crippen LogP contribution >= 0.6 is 53.0 Å². The molecule has 0 saturated carbocycles. The van der Waals surface area contributed by atoms with Crippen molar-refractivity contribution in [3.8, 4) is 0 Å². The van der Waals surface area contributed by atoms with Crippen LogP contribution < -0.4 is 0 Å². The van der Waals surface area contributed by atoms with Crippen molar-refractivity contribution in [1.82, 2.24) is 0 Å². The van der Waals surface area contributed by atoms with Gasteiger partial charge in [-0.15, -0.1) is 34.8 Å². The van der Waals surface area contributed by atoms with Crippen LogP contribution in [0.4, 0.5) is 0 Å². The number of hydrogen-bond acceptors (Lipinski definition) is 4. The van der Waals surface area contributed by atoms with Crippen molar-refractivity contribution in [3.05, 3.63) is 0 Å². The highest BCUT2D eigenvalue weighted by atomic mass is 35.5. The molecule has 0 aromatic rings. The second-order valence-corrected chi connectivity index (χ2v) is 8.07. The summed E-state index contributed by atoms with van der Waals surface area (Å²) in [6, 6.07) is 0. The molecule has 0 aliphatic carbocycles. The Morgan fingerprint density at radius 1 is 1.21 bits per heavy atom. The minimum Gasteiger partial charge on any atom is -0.301 e. The van der Waals surface area contributed by atoms with Crippen LogP contribution in [-0.4, -0.2) is 22.8 Å². The first-order chi connectivity index (χ1) is 6.45. The van der Waals surface area contributed by atoms with Gasteiger partial charge in [-0.3, -0.25) is 0 Å². The Bertz CT molecular complexity index is 195. The fourth-order valence-corrected chi connectivity index (χ4v) is 5.47. The van der Waals surface area contributed by atoms with Crippen molar-refractivity contribution < 1.29 is 13.6 Å². The predicted octanol–water partition coefficient (Wildman–Crippen LogP) is 4.27. The van der Waals surface area contributed by atoms with Crippen molar-refractivity contribution in [1.29, 1.82) is 0 Å². The molecule has 0 rings (SSSR count). The van der Waals surface area contributed by atoms with Gasteiger partial charge in [-0.25, -0.2) is 4.57 Å². The van der Waals surface area contributed by atoms with Crippen molar-refractivity contribution in [2.45, 2.75) is 23.4 Å². The average molecular weight is 302 g/mol. The van der Waals surface area contributed by atoms with Crippen LogP contribution in [0.25, 0.3) is 0 Å². The highest BCUT2D eigenvalue weighted by molar-refractivity contribution is 8.55. The van der Waals surface area contributed by atoms with Crippen LogP contribution in [0.3, 0.4) is 0 Å². The molecule has 1 atom stereocenters. The Morgan fingerprint density at radius 3 is 1.93 bits per heavy atom. The molecular formula is C6H12Cl3O3PS. The molecule has 0 aromatic carbocycles. The second-order valence-electron chi connectivity index (χ2n) is 2.07. The van der Waals surface area contributed by atoms with Crippen LogP contribution in [0.15, 0.2) is 0 Å². The molecule has 3 nitrogen and oxygen atoms in total. The molecule has 8 heteroatoms. The molecule has 0 aliphatic heterocycles. The van der Waals surface area contributed by atoms with Crippen LogP contribution in [0.2, 0.25) is 0 Å². The first kappa shape index (κ1) is 15.4. The lowest BCUT2D eigenvalue weighted by molar-refractivity contribution is 0.237. The molecule has 0 fully saturated rings. The van der Waals surface area contributed by atoms with Gasteiger partial charge >= 0.3 is 6.80 Å². The molecule has 0 radical (unpaired) electrons. The summed E-state index contributed by atoms with van der Waals surface area (Å²) in [6.07, 6.45) is 0. The van der Waals surface area contributed by atoms with E-state index in [1.165, 1.54) is 0 Å². The quantitative estimate of drug-likeness (QED) is 0.519. The molecule has 0 bridgehead atoms. The summed E-state index contributed by atoms with van der Waals surface area (Å²) < 4.78 is 21.1. The van der Waals surface area contributed by atoms with E-state index in [0.717, 1.165) is 11.4 Å². The van der Waals surface area contributed by atoms with Gasteiger partial charge in [0, 0.05) is 0 Å². The van der Waals surface area contributed by atoms with Crippen molar-refractivity contribution in [2.75, 3.05) is 13.2 Å². The maximum absolute atomic E-state index is 11.8. The fourth-order valence-electron chi connectivity index (χ4n) is 0.584. The van der Waals surface area contributed by atoms with Crippen LogP contribution in [0.1, 0.15) is 13.8 Å². The molecule has 0 saturated heterocycles. The normalized spacial score (nSPS) is 14.7. The molecule has 1 unspecified atom stereocenters. The monoisotopic (exact) mass is 300 g/mol. The van der Waals surface area contributed by atoms with E-state index in [1.54, 1.807) is 13.8 Å². The first-order valence-electron chi connectivity index (χ1n) is 3.95. The van der Waals surface area contributed by atoms with Crippen LogP contribution in [-0.2, 0) is 13.6 Å². The van der Waals surface area contributed by atoms with E-state index in [4.69, 9.17) is 43.9 Å². The van der Waals surface area contributed by atoms with Gasteiger partial charge < -0.3 is 9.05 Å². The topological polar surface area (TPSA) is 35.5 Å². The summed E-state index contributed by atoms with van der Waals surface area (Å²) >= 11 is 17.6. The molecule has 14 heavy (non-hydrogen) atoms. The van der Waals surface area contributed by atoms with Gasteiger partial charge in [0.1, 0.15) is 9.55 Å². The van der Waals surface area contributed by atoms with E-state index >= 15 is 0 Å².